The Morgan fingerprint density at radius 3 is 2.24 bits per heavy atom. The third-order valence-corrected chi connectivity index (χ3v) is 6.88. The number of aromatic nitrogens is 4. The molecule has 1 aliphatic rings. The van der Waals surface area contributed by atoms with Gasteiger partial charge in [-0.25, -0.2) is 23.9 Å². The van der Waals surface area contributed by atoms with Crippen LogP contribution in [0.5, 0.6) is 0 Å². The van der Waals surface area contributed by atoms with Crippen molar-refractivity contribution in [1.29, 1.82) is 0 Å². The van der Waals surface area contributed by atoms with Gasteiger partial charge in [-0.3, -0.25) is 4.57 Å². The fraction of sp³-hybridized carbons (Fsp3) is 0.269. The molecule has 2 aromatic heterocycles. The SMILES string of the molecule is C[C@]1(COC(=O)c2ccccc2)C(COC(=O)c2ccccc2)OC(n2cnc3c(Cl)nc(Cl)nc32)C1F. The second-order valence-electron chi connectivity index (χ2n) is 8.94. The van der Waals surface area contributed by atoms with E-state index in [4.69, 9.17) is 37.4 Å². The zero-order chi connectivity index (χ0) is 26.9. The molecule has 0 radical (unpaired) electrons. The molecule has 1 saturated heterocycles. The molecular formula is C26H21Cl2FN4O5. The monoisotopic (exact) mass is 558 g/mol. The van der Waals surface area contributed by atoms with E-state index >= 15 is 4.39 Å². The quantitative estimate of drug-likeness (QED) is 0.175. The minimum atomic E-state index is -1.74. The van der Waals surface area contributed by atoms with Crippen molar-refractivity contribution in [3.05, 3.63) is 88.6 Å². The van der Waals surface area contributed by atoms with Crippen LogP contribution in [0.25, 0.3) is 11.2 Å². The van der Waals surface area contributed by atoms with Crippen molar-refractivity contribution in [2.45, 2.75) is 25.4 Å². The Balaban J connectivity index is 1.42. The number of ether oxygens (including phenoxy) is 3. The molecule has 12 heteroatoms. The van der Waals surface area contributed by atoms with Gasteiger partial charge < -0.3 is 14.2 Å². The van der Waals surface area contributed by atoms with Gasteiger partial charge in [0.05, 0.1) is 22.9 Å². The molecule has 0 spiro atoms. The molecule has 4 atom stereocenters. The first kappa shape index (κ1) is 26.0. The van der Waals surface area contributed by atoms with E-state index in [9.17, 15) is 9.59 Å². The summed E-state index contributed by atoms with van der Waals surface area (Å²) in [6.45, 7) is 0.910. The van der Waals surface area contributed by atoms with Crippen molar-refractivity contribution < 1.29 is 28.2 Å². The first-order chi connectivity index (χ1) is 18.3. The second kappa shape index (κ2) is 10.6. The highest BCUT2D eigenvalue weighted by molar-refractivity contribution is 6.35. The van der Waals surface area contributed by atoms with E-state index in [1.807, 2.05) is 0 Å². The zero-order valence-corrected chi connectivity index (χ0v) is 21.5. The Morgan fingerprint density at radius 2 is 1.61 bits per heavy atom. The van der Waals surface area contributed by atoms with Crippen molar-refractivity contribution >= 4 is 46.3 Å². The molecule has 38 heavy (non-hydrogen) atoms. The molecule has 2 aromatic carbocycles. The Labute approximate surface area is 226 Å². The van der Waals surface area contributed by atoms with Crippen LogP contribution < -0.4 is 0 Å². The van der Waals surface area contributed by atoms with E-state index in [1.165, 1.54) is 10.9 Å². The summed E-state index contributed by atoms with van der Waals surface area (Å²) < 4.78 is 34.7. The van der Waals surface area contributed by atoms with Gasteiger partial charge in [-0.2, -0.15) is 4.98 Å². The molecule has 0 aliphatic carbocycles. The summed E-state index contributed by atoms with van der Waals surface area (Å²) in [5, 5.41) is -0.148. The zero-order valence-electron chi connectivity index (χ0n) is 20.0. The van der Waals surface area contributed by atoms with E-state index in [1.54, 1.807) is 67.6 Å². The van der Waals surface area contributed by atoms with Gasteiger partial charge in [-0.05, 0) is 35.9 Å². The number of carbonyl (C=O) groups is 2. The first-order valence-corrected chi connectivity index (χ1v) is 12.3. The Kier molecular flexibility index (Phi) is 7.29. The van der Waals surface area contributed by atoms with E-state index in [-0.39, 0.29) is 34.8 Å². The summed E-state index contributed by atoms with van der Waals surface area (Å²) >= 11 is 12.1. The van der Waals surface area contributed by atoms with E-state index in [0.29, 0.717) is 11.1 Å². The average molecular weight is 559 g/mol. The number of imidazole rings is 1. The topological polar surface area (TPSA) is 105 Å². The molecule has 1 fully saturated rings. The molecule has 0 N–H and O–H groups in total. The number of rotatable bonds is 7. The number of carbonyl (C=O) groups excluding carboxylic acids is 2. The molecule has 1 aliphatic heterocycles. The predicted octanol–water partition coefficient (Wildman–Crippen LogP) is 5.09. The smallest absolute Gasteiger partial charge is 0.338 e. The van der Waals surface area contributed by atoms with Crippen LogP contribution in [0.3, 0.4) is 0 Å². The van der Waals surface area contributed by atoms with Crippen LogP contribution in [0.15, 0.2) is 67.0 Å². The van der Waals surface area contributed by atoms with E-state index in [0.717, 1.165) is 0 Å². The van der Waals surface area contributed by atoms with Gasteiger partial charge in [0.15, 0.2) is 23.2 Å². The molecule has 196 valence electrons. The lowest BCUT2D eigenvalue weighted by Crippen LogP contribution is -2.43. The van der Waals surface area contributed by atoms with Gasteiger partial charge >= 0.3 is 11.9 Å². The van der Waals surface area contributed by atoms with Gasteiger partial charge in [0, 0.05) is 0 Å². The molecular weight excluding hydrogens is 538 g/mol. The number of nitrogens with zero attached hydrogens (tertiary/aromatic N) is 4. The lowest BCUT2D eigenvalue weighted by atomic mass is 9.82. The summed E-state index contributed by atoms with van der Waals surface area (Å²) in [7, 11) is 0. The van der Waals surface area contributed by atoms with Gasteiger partial charge in [-0.15, -0.1) is 0 Å². The maximum atomic E-state index is 16.3. The van der Waals surface area contributed by atoms with Crippen LogP contribution in [0.4, 0.5) is 4.39 Å². The van der Waals surface area contributed by atoms with Crippen LogP contribution in [-0.2, 0) is 14.2 Å². The molecule has 0 bridgehead atoms. The van der Waals surface area contributed by atoms with Gasteiger partial charge in [0.25, 0.3) is 0 Å². The number of halogens is 3. The summed E-state index contributed by atoms with van der Waals surface area (Å²) in [5.41, 5.74) is -0.395. The van der Waals surface area contributed by atoms with Crippen molar-refractivity contribution in [2.75, 3.05) is 13.2 Å². The fourth-order valence-corrected chi connectivity index (χ4v) is 4.66. The Bertz CT molecular complexity index is 1470. The lowest BCUT2D eigenvalue weighted by molar-refractivity contribution is -0.0615. The molecule has 3 unspecified atom stereocenters. The van der Waals surface area contributed by atoms with Crippen LogP contribution in [0.1, 0.15) is 33.9 Å². The second-order valence-corrected chi connectivity index (χ2v) is 9.63. The van der Waals surface area contributed by atoms with Crippen molar-refractivity contribution in [3.8, 4) is 0 Å². The normalized spacial score (nSPS) is 22.9. The molecule has 5 rings (SSSR count). The predicted molar refractivity (Wildman–Crippen MR) is 136 cm³/mol. The minimum absolute atomic E-state index is 0.0000455. The van der Waals surface area contributed by atoms with Crippen molar-refractivity contribution in [2.24, 2.45) is 5.41 Å². The highest BCUT2D eigenvalue weighted by atomic mass is 35.5. The Morgan fingerprint density at radius 1 is 1.00 bits per heavy atom. The largest absolute Gasteiger partial charge is 0.461 e. The number of fused-ring (bicyclic) bond motifs is 1. The van der Waals surface area contributed by atoms with E-state index in [2.05, 4.69) is 15.0 Å². The number of hydrogen-bond acceptors (Lipinski definition) is 8. The van der Waals surface area contributed by atoms with Gasteiger partial charge in [0.2, 0.25) is 5.28 Å². The highest BCUT2D eigenvalue weighted by Gasteiger charge is 2.56. The molecule has 4 aromatic rings. The lowest BCUT2D eigenvalue weighted by Gasteiger charge is -2.30. The maximum absolute atomic E-state index is 16.3. The van der Waals surface area contributed by atoms with Gasteiger partial charge in [0.1, 0.15) is 24.8 Å². The minimum Gasteiger partial charge on any atom is -0.461 e. The summed E-state index contributed by atoms with van der Waals surface area (Å²) in [4.78, 5) is 37.4. The summed E-state index contributed by atoms with van der Waals surface area (Å²) in [5.74, 6) is -1.22. The van der Waals surface area contributed by atoms with Crippen LogP contribution in [0, 0.1) is 5.41 Å². The van der Waals surface area contributed by atoms with Crippen molar-refractivity contribution in [1.82, 2.24) is 19.5 Å². The molecule has 3 heterocycles. The summed E-state index contributed by atoms with van der Waals surface area (Å²) in [6.07, 6.45) is -2.68. The van der Waals surface area contributed by atoms with E-state index < -0.39 is 35.9 Å². The third-order valence-electron chi connectivity index (χ3n) is 6.44. The number of alkyl halides is 1. The third kappa shape index (κ3) is 4.94. The van der Waals surface area contributed by atoms with Crippen molar-refractivity contribution in [3.63, 3.8) is 0 Å². The standard InChI is InChI=1S/C26H21Cl2FN4O5/c1-26(13-37-24(35)16-10-6-3-7-11-16)17(12-36-23(34)15-8-4-2-5-9-15)38-22(19(26)29)33-14-30-18-20(27)31-25(28)32-21(18)33/h2-11,14,17,19,22H,12-13H2,1H3/t17?,19?,22?,26-/m0/s1. The fourth-order valence-electron chi connectivity index (χ4n) is 4.24. The Hall–Kier alpha value is -3.60. The number of hydrogen-bond donors (Lipinski definition) is 0. The first-order valence-electron chi connectivity index (χ1n) is 11.6. The summed E-state index contributed by atoms with van der Waals surface area (Å²) in [6, 6.07) is 16.7. The van der Waals surface area contributed by atoms with Crippen LogP contribution >= 0.6 is 23.2 Å². The average Bonchev–Trinajstić information content (AvgIpc) is 3.45. The number of esters is 2. The number of benzene rings is 2. The van der Waals surface area contributed by atoms with Crippen LogP contribution in [0.2, 0.25) is 10.4 Å². The highest BCUT2D eigenvalue weighted by Crippen LogP contribution is 2.47. The van der Waals surface area contributed by atoms with Crippen LogP contribution in [-0.4, -0.2) is 56.9 Å². The van der Waals surface area contributed by atoms with Gasteiger partial charge in [-0.1, -0.05) is 54.9 Å². The molecule has 0 amide bonds. The molecule has 9 nitrogen and oxygen atoms in total. The maximum Gasteiger partial charge on any atom is 0.338 e. The molecule has 0 saturated carbocycles.